The number of aryl methyl sites for hydroxylation is 1. The zero-order valence-electron chi connectivity index (χ0n) is 15.5. The van der Waals surface area contributed by atoms with Crippen molar-refractivity contribution in [2.45, 2.75) is 6.92 Å². The predicted molar refractivity (Wildman–Crippen MR) is 102 cm³/mol. The number of carbonyl (C=O) groups excluding carboxylic acids is 2. The van der Waals surface area contributed by atoms with Gasteiger partial charge in [-0.05, 0) is 25.1 Å². The number of rotatable bonds is 5. The van der Waals surface area contributed by atoms with Crippen molar-refractivity contribution in [3.63, 3.8) is 0 Å². The van der Waals surface area contributed by atoms with Crippen LogP contribution in [0.1, 0.15) is 26.4 Å². The minimum absolute atomic E-state index is 0.226. The van der Waals surface area contributed by atoms with Crippen molar-refractivity contribution in [3.05, 3.63) is 53.2 Å². The Morgan fingerprint density at radius 1 is 1.14 bits per heavy atom. The molecule has 144 valence electrons. The highest BCUT2D eigenvalue weighted by Crippen LogP contribution is 2.40. The molecule has 0 unspecified atom stereocenters. The van der Waals surface area contributed by atoms with E-state index in [0.717, 1.165) is 16.6 Å². The first kappa shape index (κ1) is 17.9. The highest BCUT2D eigenvalue weighted by Gasteiger charge is 2.23. The van der Waals surface area contributed by atoms with E-state index in [0.29, 0.717) is 36.0 Å². The predicted octanol–water partition coefficient (Wildman–Crippen LogP) is 3.30. The number of para-hydroxylation sites is 1. The number of methoxy groups -OCH3 is 1. The molecule has 0 atom stereocenters. The van der Waals surface area contributed by atoms with E-state index in [2.05, 4.69) is 4.98 Å². The van der Waals surface area contributed by atoms with Crippen molar-refractivity contribution in [3.8, 4) is 17.2 Å². The van der Waals surface area contributed by atoms with Gasteiger partial charge in [0.1, 0.15) is 13.2 Å². The second-order valence-corrected chi connectivity index (χ2v) is 6.37. The lowest BCUT2D eigenvalue weighted by molar-refractivity contribution is 0.0473. The minimum atomic E-state index is -0.638. The Hall–Kier alpha value is -3.48. The van der Waals surface area contributed by atoms with E-state index < -0.39 is 5.97 Å². The zero-order valence-corrected chi connectivity index (χ0v) is 15.5. The fourth-order valence-electron chi connectivity index (χ4n) is 3.31. The number of ketones is 1. The maximum atomic E-state index is 12.7. The van der Waals surface area contributed by atoms with Gasteiger partial charge in [-0.3, -0.25) is 4.79 Å². The molecule has 0 spiro atoms. The molecule has 0 radical (unpaired) electrons. The van der Waals surface area contributed by atoms with Crippen LogP contribution in [-0.2, 0) is 4.74 Å². The molecule has 3 aromatic rings. The number of Topliss-reactive ketones (excluding diaryl/α,β-unsaturated/α-hetero) is 1. The molecule has 1 aliphatic rings. The molecule has 0 saturated carbocycles. The molecule has 2 heterocycles. The topological polar surface area (TPSA) is 86.9 Å². The van der Waals surface area contributed by atoms with E-state index in [-0.39, 0.29) is 18.0 Å². The van der Waals surface area contributed by atoms with Crippen LogP contribution in [0.25, 0.3) is 10.9 Å². The van der Waals surface area contributed by atoms with Gasteiger partial charge < -0.3 is 23.9 Å². The first-order chi connectivity index (χ1) is 13.6. The number of hydrogen-bond acceptors (Lipinski definition) is 6. The third-order valence-electron chi connectivity index (χ3n) is 4.57. The fourth-order valence-corrected chi connectivity index (χ4v) is 3.31. The van der Waals surface area contributed by atoms with Gasteiger partial charge in [0.05, 0.1) is 12.7 Å². The van der Waals surface area contributed by atoms with E-state index in [1.165, 1.54) is 19.2 Å². The minimum Gasteiger partial charge on any atom is -0.493 e. The van der Waals surface area contributed by atoms with E-state index in [9.17, 15) is 9.59 Å². The van der Waals surface area contributed by atoms with E-state index in [4.69, 9.17) is 18.9 Å². The van der Waals surface area contributed by atoms with Gasteiger partial charge in [-0.1, -0.05) is 18.2 Å². The normalized spacial score (nSPS) is 12.6. The van der Waals surface area contributed by atoms with Crippen molar-refractivity contribution >= 4 is 22.7 Å². The third kappa shape index (κ3) is 3.15. The van der Waals surface area contributed by atoms with Crippen LogP contribution in [-0.4, -0.2) is 43.7 Å². The summed E-state index contributed by atoms with van der Waals surface area (Å²) in [6, 6.07) is 10.5. The molecular weight excluding hydrogens is 362 g/mol. The molecule has 0 amide bonds. The summed E-state index contributed by atoms with van der Waals surface area (Å²) in [7, 11) is 1.48. The van der Waals surface area contributed by atoms with Crippen LogP contribution in [0.2, 0.25) is 0 Å². The lowest BCUT2D eigenvalue weighted by atomic mass is 10.1. The maximum absolute atomic E-state index is 12.7. The number of aromatic nitrogens is 1. The Kier molecular flexibility index (Phi) is 4.65. The van der Waals surface area contributed by atoms with Crippen molar-refractivity contribution in [1.29, 1.82) is 0 Å². The molecule has 0 saturated heterocycles. The molecule has 28 heavy (non-hydrogen) atoms. The maximum Gasteiger partial charge on any atom is 0.338 e. The molecule has 2 aromatic carbocycles. The van der Waals surface area contributed by atoms with Gasteiger partial charge in [0, 0.05) is 22.2 Å². The first-order valence-corrected chi connectivity index (χ1v) is 8.83. The number of H-pyrrole nitrogens is 1. The summed E-state index contributed by atoms with van der Waals surface area (Å²) >= 11 is 0. The van der Waals surface area contributed by atoms with Gasteiger partial charge in [-0.2, -0.15) is 0 Å². The Labute approximate surface area is 161 Å². The number of hydrogen-bond donors (Lipinski definition) is 1. The quantitative estimate of drug-likeness (QED) is 0.539. The van der Waals surface area contributed by atoms with Crippen LogP contribution in [0, 0.1) is 6.92 Å². The highest BCUT2D eigenvalue weighted by atomic mass is 16.6. The van der Waals surface area contributed by atoms with Crippen LogP contribution in [0.3, 0.4) is 0 Å². The van der Waals surface area contributed by atoms with Crippen LogP contribution >= 0.6 is 0 Å². The summed E-state index contributed by atoms with van der Waals surface area (Å²) < 4.78 is 21.6. The molecular formula is C21H19NO6. The average molecular weight is 381 g/mol. The second kappa shape index (κ2) is 7.26. The van der Waals surface area contributed by atoms with Gasteiger partial charge in [0.2, 0.25) is 11.5 Å². The molecule has 0 bridgehead atoms. The van der Waals surface area contributed by atoms with E-state index in [1.807, 2.05) is 31.2 Å². The summed E-state index contributed by atoms with van der Waals surface area (Å²) in [5, 5.41) is 0.807. The second-order valence-electron chi connectivity index (χ2n) is 6.37. The summed E-state index contributed by atoms with van der Waals surface area (Å²) in [5.41, 5.74) is 2.36. The third-order valence-corrected chi connectivity index (χ3v) is 4.57. The molecule has 7 nitrogen and oxygen atoms in total. The molecule has 0 aliphatic carbocycles. The number of carbonyl (C=O) groups is 2. The van der Waals surface area contributed by atoms with Crippen molar-refractivity contribution < 1.29 is 28.5 Å². The molecule has 1 aliphatic heterocycles. The first-order valence-electron chi connectivity index (χ1n) is 8.83. The molecule has 1 N–H and O–H groups in total. The molecule has 4 rings (SSSR count). The largest absolute Gasteiger partial charge is 0.493 e. The van der Waals surface area contributed by atoms with E-state index in [1.54, 1.807) is 0 Å². The average Bonchev–Trinajstić information content (AvgIpc) is 3.06. The summed E-state index contributed by atoms with van der Waals surface area (Å²) in [6.45, 7) is 2.25. The van der Waals surface area contributed by atoms with Crippen molar-refractivity contribution in [2.75, 3.05) is 26.9 Å². The number of nitrogens with one attached hydrogen (secondary N) is 1. The Morgan fingerprint density at radius 3 is 2.75 bits per heavy atom. The van der Waals surface area contributed by atoms with Gasteiger partial charge in [0.15, 0.2) is 18.1 Å². The number of fused-ring (bicyclic) bond motifs is 2. The van der Waals surface area contributed by atoms with Crippen LogP contribution in [0.5, 0.6) is 17.2 Å². The molecule has 0 fully saturated rings. The summed E-state index contributed by atoms with van der Waals surface area (Å²) in [5.74, 6) is 0.337. The summed E-state index contributed by atoms with van der Waals surface area (Å²) in [4.78, 5) is 28.3. The molecule has 7 heteroatoms. The van der Waals surface area contributed by atoms with Crippen molar-refractivity contribution in [2.24, 2.45) is 0 Å². The van der Waals surface area contributed by atoms with Gasteiger partial charge in [-0.15, -0.1) is 0 Å². The lowest BCUT2D eigenvalue weighted by Crippen LogP contribution is -2.18. The number of esters is 1. The van der Waals surface area contributed by atoms with Crippen LogP contribution < -0.4 is 14.2 Å². The summed E-state index contributed by atoms with van der Waals surface area (Å²) in [6.07, 6.45) is 0. The van der Waals surface area contributed by atoms with Gasteiger partial charge >= 0.3 is 5.97 Å². The molecule has 1 aromatic heterocycles. The van der Waals surface area contributed by atoms with Crippen LogP contribution in [0.4, 0.5) is 0 Å². The monoisotopic (exact) mass is 381 g/mol. The Bertz CT molecular complexity index is 1050. The Balaban J connectivity index is 1.53. The number of ether oxygens (including phenoxy) is 4. The van der Waals surface area contributed by atoms with E-state index >= 15 is 0 Å². The lowest BCUT2D eigenvalue weighted by Gasteiger charge is -2.21. The van der Waals surface area contributed by atoms with Crippen LogP contribution in [0.15, 0.2) is 36.4 Å². The van der Waals surface area contributed by atoms with Crippen molar-refractivity contribution in [1.82, 2.24) is 4.98 Å². The number of aromatic amines is 1. The fraction of sp³-hybridized carbons (Fsp3) is 0.238. The SMILES string of the molecule is COc1cc(C(=O)OCC(=O)c2c(C)[nH]c3ccccc23)cc2c1OCCO2. The van der Waals surface area contributed by atoms with Gasteiger partial charge in [0.25, 0.3) is 0 Å². The smallest absolute Gasteiger partial charge is 0.338 e. The Morgan fingerprint density at radius 2 is 1.93 bits per heavy atom. The number of benzene rings is 2. The zero-order chi connectivity index (χ0) is 19.7. The van der Waals surface area contributed by atoms with Gasteiger partial charge in [-0.25, -0.2) is 4.79 Å². The standard InChI is InChI=1S/C21H19NO6/c1-12-19(14-5-3-4-6-15(14)22-12)16(23)11-28-21(24)13-9-17(25-2)20-18(10-13)26-7-8-27-20/h3-6,9-10,22H,7-8,11H2,1-2H3. The highest BCUT2D eigenvalue weighted by molar-refractivity contribution is 6.10.